The van der Waals surface area contributed by atoms with Gasteiger partial charge in [-0.2, -0.15) is 5.10 Å². The highest BCUT2D eigenvalue weighted by molar-refractivity contribution is 9.10. The highest BCUT2D eigenvalue weighted by atomic mass is 79.9. The first-order valence-corrected chi connectivity index (χ1v) is 7.15. The Labute approximate surface area is 126 Å². The van der Waals surface area contributed by atoms with Gasteiger partial charge in [0.25, 0.3) is 5.91 Å². The van der Waals surface area contributed by atoms with Crippen LogP contribution in [0.1, 0.15) is 17.3 Å². The van der Waals surface area contributed by atoms with Crippen LogP contribution in [0, 0.1) is 0 Å². The molecule has 5 nitrogen and oxygen atoms in total. The molecule has 2 N–H and O–H groups in total. The highest BCUT2D eigenvalue weighted by Gasteiger charge is 2.10. The smallest absolute Gasteiger partial charge is 0.254 e. The highest BCUT2D eigenvalue weighted by Crippen LogP contribution is 2.14. The van der Waals surface area contributed by atoms with Crippen LogP contribution in [-0.2, 0) is 0 Å². The molecule has 2 aromatic rings. The average molecular weight is 337 g/mol. The van der Waals surface area contributed by atoms with E-state index in [-0.39, 0.29) is 11.9 Å². The summed E-state index contributed by atoms with van der Waals surface area (Å²) >= 11 is 3.39. The number of amides is 1. The Morgan fingerprint density at radius 3 is 2.75 bits per heavy atom. The molecule has 0 saturated carbocycles. The number of hydrogen-bond donors (Lipinski definition) is 2. The van der Waals surface area contributed by atoms with Crippen molar-refractivity contribution in [1.82, 2.24) is 20.4 Å². The van der Waals surface area contributed by atoms with Crippen LogP contribution in [0.25, 0.3) is 5.69 Å². The van der Waals surface area contributed by atoms with Crippen LogP contribution in [0.2, 0.25) is 0 Å². The first kappa shape index (κ1) is 14.7. The van der Waals surface area contributed by atoms with Gasteiger partial charge in [-0.3, -0.25) is 4.79 Å². The average Bonchev–Trinajstić information content (AvgIpc) is 2.95. The predicted molar refractivity (Wildman–Crippen MR) is 82.1 cm³/mol. The second-order valence-electron chi connectivity index (χ2n) is 4.55. The van der Waals surface area contributed by atoms with E-state index in [4.69, 9.17) is 0 Å². The Hall–Kier alpha value is -1.66. The largest absolute Gasteiger partial charge is 0.350 e. The van der Waals surface area contributed by atoms with Gasteiger partial charge in [0.2, 0.25) is 0 Å². The van der Waals surface area contributed by atoms with Crippen LogP contribution < -0.4 is 10.6 Å². The standard InChI is InChI=1S/C14H17BrN4O/c1-10(16-2)7-17-14(20)11-8-18-19(9-11)13-5-3-12(15)4-6-13/h3-6,8-10,16H,7H2,1-2H3,(H,17,20). The zero-order valence-corrected chi connectivity index (χ0v) is 13.0. The van der Waals surface area contributed by atoms with Gasteiger partial charge >= 0.3 is 0 Å². The monoisotopic (exact) mass is 336 g/mol. The van der Waals surface area contributed by atoms with Crippen LogP contribution in [0.4, 0.5) is 0 Å². The molecule has 6 heteroatoms. The number of halogens is 1. The normalized spacial score (nSPS) is 12.2. The van der Waals surface area contributed by atoms with Crippen LogP contribution in [0.5, 0.6) is 0 Å². The molecule has 0 bridgehead atoms. The molecular weight excluding hydrogens is 320 g/mol. The van der Waals surface area contributed by atoms with Crippen molar-refractivity contribution in [3.8, 4) is 5.69 Å². The summed E-state index contributed by atoms with van der Waals surface area (Å²) in [7, 11) is 1.86. The molecule has 0 spiro atoms. The van der Waals surface area contributed by atoms with Crippen molar-refractivity contribution >= 4 is 21.8 Å². The van der Waals surface area contributed by atoms with E-state index in [1.807, 2.05) is 38.2 Å². The summed E-state index contributed by atoms with van der Waals surface area (Å²) in [5, 5.41) is 10.1. The van der Waals surface area contributed by atoms with Gasteiger partial charge in [0, 0.05) is 23.3 Å². The molecule has 1 aromatic heterocycles. The third-order valence-corrected chi connectivity index (χ3v) is 3.53. The maximum absolute atomic E-state index is 12.0. The van der Waals surface area contributed by atoms with E-state index < -0.39 is 0 Å². The molecule has 1 amide bonds. The molecule has 1 aromatic carbocycles. The van der Waals surface area contributed by atoms with Crippen LogP contribution in [0.15, 0.2) is 41.1 Å². The number of hydrogen-bond acceptors (Lipinski definition) is 3. The minimum atomic E-state index is -0.115. The molecule has 106 valence electrons. The second-order valence-corrected chi connectivity index (χ2v) is 5.47. The van der Waals surface area contributed by atoms with Gasteiger partial charge in [-0.25, -0.2) is 4.68 Å². The van der Waals surface area contributed by atoms with Crippen LogP contribution >= 0.6 is 15.9 Å². The third kappa shape index (κ3) is 3.68. The molecule has 0 aliphatic rings. The quantitative estimate of drug-likeness (QED) is 0.877. The second kappa shape index (κ2) is 6.67. The van der Waals surface area contributed by atoms with Crippen molar-refractivity contribution in [3.63, 3.8) is 0 Å². The van der Waals surface area contributed by atoms with E-state index in [0.717, 1.165) is 10.2 Å². The van der Waals surface area contributed by atoms with Crippen molar-refractivity contribution in [2.45, 2.75) is 13.0 Å². The fourth-order valence-electron chi connectivity index (χ4n) is 1.63. The molecule has 1 heterocycles. The van der Waals surface area contributed by atoms with Gasteiger partial charge in [0.15, 0.2) is 0 Å². The van der Waals surface area contributed by atoms with E-state index in [9.17, 15) is 4.79 Å². The molecule has 0 aliphatic heterocycles. The van der Waals surface area contributed by atoms with Gasteiger partial charge in [0.1, 0.15) is 0 Å². The van der Waals surface area contributed by atoms with Crippen molar-refractivity contribution in [1.29, 1.82) is 0 Å². The topological polar surface area (TPSA) is 58.9 Å². The zero-order chi connectivity index (χ0) is 14.5. The Bertz CT molecular complexity index is 579. The zero-order valence-electron chi connectivity index (χ0n) is 11.4. The van der Waals surface area contributed by atoms with Gasteiger partial charge in [0.05, 0.1) is 17.4 Å². The first-order chi connectivity index (χ1) is 9.60. The lowest BCUT2D eigenvalue weighted by Crippen LogP contribution is -2.37. The van der Waals surface area contributed by atoms with Crippen LogP contribution in [-0.4, -0.2) is 35.3 Å². The molecule has 1 atom stereocenters. The van der Waals surface area contributed by atoms with E-state index in [1.54, 1.807) is 17.1 Å². The van der Waals surface area contributed by atoms with E-state index in [1.165, 1.54) is 0 Å². The fourth-order valence-corrected chi connectivity index (χ4v) is 1.89. The van der Waals surface area contributed by atoms with Crippen LogP contribution in [0.3, 0.4) is 0 Å². The molecule has 0 aliphatic carbocycles. The Morgan fingerprint density at radius 1 is 1.40 bits per heavy atom. The van der Waals surface area contributed by atoms with Crippen molar-refractivity contribution < 1.29 is 4.79 Å². The third-order valence-electron chi connectivity index (χ3n) is 3.00. The lowest BCUT2D eigenvalue weighted by molar-refractivity contribution is 0.0950. The number of likely N-dealkylation sites (N-methyl/N-ethyl adjacent to an activating group) is 1. The summed E-state index contributed by atoms with van der Waals surface area (Å²) in [6.07, 6.45) is 3.30. The van der Waals surface area contributed by atoms with Gasteiger partial charge in [-0.15, -0.1) is 0 Å². The minimum absolute atomic E-state index is 0.115. The minimum Gasteiger partial charge on any atom is -0.350 e. The van der Waals surface area contributed by atoms with E-state index >= 15 is 0 Å². The Morgan fingerprint density at radius 2 is 2.10 bits per heavy atom. The Kier molecular flexibility index (Phi) is 4.92. The molecule has 0 saturated heterocycles. The molecule has 20 heavy (non-hydrogen) atoms. The maximum Gasteiger partial charge on any atom is 0.254 e. The van der Waals surface area contributed by atoms with Crippen molar-refractivity contribution in [2.75, 3.05) is 13.6 Å². The summed E-state index contributed by atoms with van der Waals surface area (Å²) in [6, 6.07) is 7.97. The van der Waals surface area contributed by atoms with E-state index in [0.29, 0.717) is 12.1 Å². The summed E-state index contributed by atoms with van der Waals surface area (Å²) in [5.41, 5.74) is 1.46. The first-order valence-electron chi connectivity index (χ1n) is 6.36. The number of aromatic nitrogens is 2. The van der Waals surface area contributed by atoms with Gasteiger partial charge in [-0.05, 0) is 38.2 Å². The summed E-state index contributed by atoms with van der Waals surface area (Å²) in [4.78, 5) is 12.0. The fraction of sp³-hybridized carbons (Fsp3) is 0.286. The summed E-state index contributed by atoms with van der Waals surface area (Å²) in [6.45, 7) is 2.59. The number of nitrogens with zero attached hydrogens (tertiary/aromatic N) is 2. The lowest BCUT2D eigenvalue weighted by Gasteiger charge is -2.10. The van der Waals surface area contributed by atoms with Crippen molar-refractivity contribution in [2.24, 2.45) is 0 Å². The summed E-state index contributed by atoms with van der Waals surface area (Å²) in [5.74, 6) is -0.115. The molecular formula is C14H17BrN4O. The number of benzene rings is 1. The molecule has 0 radical (unpaired) electrons. The summed E-state index contributed by atoms with van der Waals surface area (Å²) < 4.78 is 2.69. The molecule has 2 rings (SSSR count). The SMILES string of the molecule is CNC(C)CNC(=O)c1cnn(-c2ccc(Br)cc2)c1. The van der Waals surface area contributed by atoms with E-state index in [2.05, 4.69) is 31.7 Å². The molecule has 0 fully saturated rings. The molecule has 1 unspecified atom stereocenters. The maximum atomic E-state index is 12.0. The number of nitrogens with one attached hydrogen (secondary N) is 2. The number of carbonyl (C=O) groups excluding carboxylic acids is 1. The van der Waals surface area contributed by atoms with Gasteiger partial charge in [-0.1, -0.05) is 15.9 Å². The van der Waals surface area contributed by atoms with Crippen molar-refractivity contribution in [3.05, 3.63) is 46.7 Å². The number of carbonyl (C=O) groups is 1. The predicted octanol–water partition coefficient (Wildman–Crippen LogP) is 1.97. The number of rotatable bonds is 5. The Balaban J connectivity index is 2.05. The lowest BCUT2D eigenvalue weighted by atomic mass is 10.3. The van der Waals surface area contributed by atoms with Gasteiger partial charge < -0.3 is 10.6 Å².